The van der Waals surface area contributed by atoms with E-state index >= 15 is 0 Å². The molecular weight excluding hydrogens is 243 g/mol. The number of aryl methyl sites for hydroxylation is 1. The molecule has 4 heteroatoms. The number of para-hydroxylation sites is 1. The van der Waals surface area contributed by atoms with Gasteiger partial charge < -0.3 is 10.0 Å². The van der Waals surface area contributed by atoms with Crippen LogP contribution in [0.25, 0.3) is 0 Å². The summed E-state index contributed by atoms with van der Waals surface area (Å²) in [5, 5.41) is 9.29. The first-order chi connectivity index (χ1) is 9.11. The summed E-state index contributed by atoms with van der Waals surface area (Å²) in [6.45, 7) is 2.24. The molecule has 3 nitrogen and oxygen atoms in total. The molecule has 1 N–H and O–H groups in total. The lowest BCUT2D eigenvalue weighted by Gasteiger charge is -2.22. The first-order valence-electron chi connectivity index (χ1n) is 6.13. The Kier molecular flexibility index (Phi) is 4.12. The van der Waals surface area contributed by atoms with Gasteiger partial charge in [-0.2, -0.15) is 0 Å². The maximum Gasteiger partial charge on any atom is 0.146 e. The summed E-state index contributed by atoms with van der Waals surface area (Å²) < 4.78 is 13.9. The fourth-order valence-electron chi connectivity index (χ4n) is 2.12. The Hall–Kier alpha value is -1.94. The largest absolute Gasteiger partial charge is 0.392 e. The number of hydrogen-bond acceptors (Lipinski definition) is 3. The van der Waals surface area contributed by atoms with Crippen LogP contribution in [0, 0.1) is 12.7 Å². The molecule has 0 aliphatic heterocycles. The zero-order chi connectivity index (χ0) is 13.8. The average Bonchev–Trinajstić information content (AvgIpc) is 2.38. The van der Waals surface area contributed by atoms with Gasteiger partial charge in [0, 0.05) is 18.3 Å². The number of anilines is 1. The number of rotatable bonds is 4. The van der Waals surface area contributed by atoms with E-state index in [1.54, 1.807) is 24.1 Å². The summed E-state index contributed by atoms with van der Waals surface area (Å²) in [6.07, 6.45) is 0. The van der Waals surface area contributed by atoms with Gasteiger partial charge in [-0.05, 0) is 25.1 Å². The third-order valence-corrected chi connectivity index (χ3v) is 2.97. The highest BCUT2D eigenvalue weighted by Crippen LogP contribution is 2.24. The van der Waals surface area contributed by atoms with Crippen LogP contribution in [0.1, 0.15) is 17.0 Å². The van der Waals surface area contributed by atoms with Crippen molar-refractivity contribution in [3.63, 3.8) is 0 Å². The van der Waals surface area contributed by atoms with E-state index in [4.69, 9.17) is 0 Å². The molecule has 0 fully saturated rings. The molecule has 1 heterocycles. The number of aromatic nitrogens is 1. The Bertz CT molecular complexity index is 572. The summed E-state index contributed by atoms with van der Waals surface area (Å²) >= 11 is 0. The molecule has 19 heavy (non-hydrogen) atoms. The number of pyridine rings is 1. The molecule has 2 rings (SSSR count). The van der Waals surface area contributed by atoms with Crippen LogP contribution in [-0.4, -0.2) is 17.1 Å². The highest BCUT2D eigenvalue weighted by molar-refractivity contribution is 5.54. The van der Waals surface area contributed by atoms with Crippen molar-refractivity contribution in [1.29, 1.82) is 0 Å². The van der Waals surface area contributed by atoms with E-state index in [0.29, 0.717) is 17.8 Å². The number of hydrogen-bond donors (Lipinski definition) is 1. The molecule has 0 saturated carbocycles. The van der Waals surface area contributed by atoms with Crippen molar-refractivity contribution >= 4 is 5.69 Å². The van der Waals surface area contributed by atoms with E-state index in [1.165, 1.54) is 6.07 Å². The molecule has 100 valence electrons. The predicted octanol–water partition coefficient (Wildman–Crippen LogP) is 2.66. The fraction of sp³-hybridized carbons (Fsp3) is 0.267. The van der Waals surface area contributed by atoms with E-state index in [2.05, 4.69) is 4.98 Å². The Morgan fingerprint density at radius 2 is 1.95 bits per heavy atom. The van der Waals surface area contributed by atoms with Crippen LogP contribution < -0.4 is 4.90 Å². The average molecular weight is 260 g/mol. The second kappa shape index (κ2) is 5.80. The second-order valence-electron chi connectivity index (χ2n) is 4.53. The summed E-state index contributed by atoms with van der Waals surface area (Å²) in [5.74, 6) is -0.332. The van der Waals surface area contributed by atoms with Crippen LogP contribution in [0.2, 0.25) is 0 Å². The lowest BCUT2D eigenvalue weighted by molar-refractivity contribution is 0.281. The van der Waals surface area contributed by atoms with Crippen molar-refractivity contribution in [1.82, 2.24) is 4.98 Å². The Morgan fingerprint density at radius 3 is 2.63 bits per heavy atom. The van der Waals surface area contributed by atoms with Gasteiger partial charge in [-0.15, -0.1) is 0 Å². The van der Waals surface area contributed by atoms with Crippen LogP contribution >= 0.6 is 0 Å². The first kappa shape index (κ1) is 13.5. The van der Waals surface area contributed by atoms with Crippen LogP contribution in [0.4, 0.5) is 10.1 Å². The zero-order valence-electron chi connectivity index (χ0n) is 11.1. The molecule has 0 bridgehead atoms. The molecule has 0 saturated heterocycles. The van der Waals surface area contributed by atoms with E-state index in [1.807, 2.05) is 25.1 Å². The van der Waals surface area contributed by atoms with Gasteiger partial charge in [-0.1, -0.05) is 18.2 Å². The smallest absolute Gasteiger partial charge is 0.146 e. The molecule has 0 unspecified atom stereocenters. The SMILES string of the molecule is Cc1cccc(CN(C)c2c(F)cccc2CO)n1. The molecule has 1 aromatic carbocycles. The minimum absolute atomic E-state index is 0.182. The maximum absolute atomic E-state index is 13.9. The monoisotopic (exact) mass is 260 g/mol. The van der Waals surface area contributed by atoms with Crippen molar-refractivity contribution < 1.29 is 9.50 Å². The van der Waals surface area contributed by atoms with Crippen LogP contribution in [0.5, 0.6) is 0 Å². The lowest BCUT2D eigenvalue weighted by atomic mass is 10.1. The van der Waals surface area contributed by atoms with Gasteiger partial charge in [0.15, 0.2) is 0 Å². The van der Waals surface area contributed by atoms with Crippen LogP contribution in [0.3, 0.4) is 0 Å². The third-order valence-electron chi connectivity index (χ3n) is 2.97. The number of aliphatic hydroxyl groups is 1. The second-order valence-corrected chi connectivity index (χ2v) is 4.53. The van der Waals surface area contributed by atoms with Gasteiger partial charge >= 0.3 is 0 Å². The standard InChI is InChI=1S/C15H17FN2O/c1-11-5-3-7-13(17-11)9-18(2)15-12(10-19)6-4-8-14(15)16/h3-8,19H,9-10H2,1-2H3. The summed E-state index contributed by atoms with van der Waals surface area (Å²) in [6, 6.07) is 10.5. The molecule has 2 aromatic rings. The Balaban J connectivity index is 2.27. The van der Waals surface area contributed by atoms with Gasteiger partial charge in [0.1, 0.15) is 5.82 Å². The van der Waals surface area contributed by atoms with Gasteiger partial charge in [0.05, 0.1) is 24.5 Å². The van der Waals surface area contributed by atoms with Crippen molar-refractivity contribution in [3.8, 4) is 0 Å². The highest BCUT2D eigenvalue weighted by atomic mass is 19.1. The van der Waals surface area contributed by atoms with Crippen molar-refractivity contribution in [3.05, 3.63) is 59.2 Å². The van der Waals surface area contributed by atoms with Gasteiger partial charge in [-0.25, -0.2) is 4.39 Å². The summed E-state index contributed by atoms with van der Waals surface area (Å²) in [4.78, 5) is 6.16. The fourth-order valence-corrected chi connectivity index (χ4v) is 2.12. The van der Waals surface area contributed by atoms with E-state index in [0.717, 1.165) is 11.4 Å². The summed E-state index contributed by atoms with van der Waals surface area (Å²) in [5.41, 5.74) is 2.81. The zero-order valence-corrected chi connectivity index (χ0v) is 11.1. The van der Waals surface area contributed by atoms with Crippen molar-refractivity contribution in [2.45, 2.75) is 20.1 Å². The van der Waals surface area contributed by atoms with E-state index < -0.39 is 0 Å². The molecular formula is C15H17FN2O. The normalized spacial score (nSPS) is 10.5. The topological polar surface area (TPSA) is 36.4 Å². The Labute approximate surface area is 112 Å². The summed E-state index contributed by atoms with van der Waals surface area (Å²) in [7, 11) is 1.79. The minimum atomic E-state index is -0.332. The first-order valence-corrected chi connectivity index (χ1v) is 6.13. The molecule has 0 spiro atoms. The minimum Gasteiger partial charge on any atom is -0.392 e. The van der Waals surface area contributed by atoms with Crippen LogP contribution in [0.15, 0.2) is 36.4 Å². The lowest BCUT2D eigenvalue weighted by Crippen LogP contribution is -2.20. The van der Waals surface area contributed by atoms with E-state index in [9.17, 15) is 9.50 Å². The van der Waals surface area contributed by atoms with Gasteiger partial charge in [0.25, 0.3) is 0 Å². The highest BCUT2D eigenvalue weighted by Gasteiger charge is 2.13. The quantitative estimate of drug-likeness (QED) is 0.918. The molecule has 0 radical (unpaired) electrons. The predicted molar refractivity (Wildman–Crippen MR) is 73.4 cm³/mol. The van der Waals surface area contributed by atoms with Crippen molar-refractivity contribution in [2.75, 3.05) is 11.9 Å². The number of halogens is 1. The number of aliphatic hydroxyl groups excluding tert-OH is 1. The number of benzene rings is 1. The van der Waals surface area contributed by atoms with Gasteiger partial charge in [0.2, 0.25) is 0 Å². The maximum atomic E-state index is 13.9. The third kappa shape index (κ3) is 3.09. The molecule has 0 amide bonds. The molecule has 0 atom stereocenters. The van der Waals surface area contributed by atoms with E-state index in [-0.39, 0.29) is 12.4 Å². The molecule has 0 aliphatic rings. The van der Waals surface area contributed by atoms with Crippen molar-refractivity contribution in [2.24, 2.45) is 0 Å². The van der Waals surface area contributed by atoms with Gasteiger partial charge in [-0.3, -0.25) is 4.98 Å². The van der Waals surface area contributed by atoms with Crippen LogP contribution in [-0.2, 0) is 13.2 Å². The molecule has 1 aromatic heterocycles. The molecule has 0 aliphatic carbocycles. The number of nitrogens with zero attached hydrogens (tertiary/aromatic N) is 2. The Morgan fingerprint density at radius 1 is 1.21 bits per heavy atom.